The molecule has 5 aromatic rings. The first-order valence-electron chi connectivity index (χ1n) is 10.8. The molecule has 0 fully saturated rings. The van der Waals surface area contributed by atoms with Crippen LogP contribution >= 0.6 is 0 Å². The van der Waals surface area contributed by atoms with E-state index in [2.05, 4.69) is 66.7 Å². The number of fused-ring (bicyclic) bond motifs is 1. The summed E-state index contributed by atoms with van der Waals surface area (Å²) in [6.07, 6.45) is 0. The van der Waals surface area contributed by atoms with Crippen LogP contribution in [0.5, 0.6) is 11.5 Å². The van der Waals surface area contributed by atoms with Gasteiger partial charge in [0.1, 0.15) is 24.7 Å². The van der Waals surface area contributed by atoms with Gasteiger partial charge in [-0.3, -0.25) is 0 Å². The lowest BCUT2D eigenvalue weighted by Crippen LogP contribution is -1.95. The van der Waals surface area contributed by atoms with E-state index < -0.39 is 0 Å². The quantitative estimate of drug-likeness (QED) is 0.271. The van der Waals surface area contributed by atoms with Crippen LogP contribution in [0.1, 0.15) is 11.1 Å². The fourth-order valence-corrected chi connectivity index (χ4v) is 3.82. The summed E-state index contributed by atoms with van der Waals surface area (Å²) in [6, 6.07) is 41.4. The molecular weight excluding hydrogens is 392 g/mol. The van der Waals surface area contributed by atoms with Crippen LogP contribution in [0, 0.1) is 0 Å². The summed E-state index contributed by atoms with van der Waals surface area (Å²) in [4.78, 5) is 0. The van der Waals surface area contributed by atoms with Gasteiger partial charge in [0, 0.05) is 0 Å². The van der Waals surface area contributed by atoms with Crippen molar-refractivity contribution in [1.29, 1.82) is 0 Å². The molecule has 0 amide bonds. The number of ether oxygens (including phenoxy) is 2. The average Bonchev–Trinajstić information content (AvgIpc) is 2.87. The second-order valence-electron chi connectivity index (χ2n) is 7.76. The zero-order valence-corrected chi connectivity index (χ0v) is 17.8. The van der Waals surface area contributed by atoms with E-state index >= 15 is 0 Å². The molecule has 0 unspecified atom stereocenters. The van der Waals surface area contributed by atoms with Crippen molar-refractivity contribution in [2.75, 3.05) is 0 Å². The lowest BCUT2D eigenvalue weighted by atomic mass is 9.98. The van der Waals surface area contributed by atoms with Crippen molar-refractivity contribution in [2.45, 2.75) is 13.2 Å². The Balaban J connectivity index is 1.32. The van der Waals surface area contributed by atoms with Crippen LogP contribution < -0.4 is 9.47 Å². The van der Waals surface area contributed by atoms with E-state index in [1.807, 2.05) is 54.6 Å². The smallest absolute Gasteiger partial charge is 0.120 e. The number of hydrogen-bond donors (Lipinski definition) is 0. The molecule has 0 saturated heterocycles. The second-order valence-corrected chi connectivity index (χ2v) is 7.76. The minimum absolute atomic E-state index is 0.566. The Morgan fingerprint density at radius 1 is 0.469 bits per heavy atom. The summed E-state index contributed by atoms with van der Waals surface area (Å²) in [5.41, 5.74) is 4.69. The maximum absolute atomic E-state index is 6.01. The third kappa shape index (κ3) is 4.65. The molecule has 0 radical (unpaired) electrons. The molecule has 0 aliphatic carbocycles. The van der Waals surface area contributed by atoms with Gasteiger partial charge >= 0.3 is 0 Å². The molecule has 0 heterocycles. The van der Waals surface area contributed by atoms with Gasteiger partial charge in [-0.2, -0.15) is 0 Å². The molecule has 0 bridgehead atoms. The Morgan fingerprint density at radius 2 is 1.06 bits per heavy atom. The molecule has 0 aliphatic heterocycles. The third-order valence-electron chi connectivity index (χ3n) is 5.51. The monoisotopic (exact) mass is 416 g/mol. The summed E-state index contributed by atoms with van der Waals surface area (Å²) in [5, 5.41) is 2.37. The van der Waals surface area contributed by atoms with Crippen LogP contribution in [0.25, 0.3) is 21.9 Å². The lowest BCUT2D eigenvalue weighted by Gasteiger charge is -2.11. The minimum Gasteiger partial charge on any atom is -0.489 e. The molecule has 5 rings (SSSR count). The molecule has 2 nitrogen and oxygen atoms in total. The Hall–Kier alpha value is -4.04. The Labute approximate surface area is 188 Å². The highest BCUT2D eigenvalue weighted by molar-refractivity contribution is 5.97. The highest BCUT2D eigenvalue weighted by Gasteiger charge is 2.06. The summed E-state index contributed by atoms with van der Waals surface area (Å²) >= 11 is 0. The zero-order chi connectivity index (χ0) is 21.6. The SMILES string of the molecule is c1ccc(COc2ccc(-c3cccc4cc(OCc5ccccc5)ccc34)cc2)cc1. The number of rotatable bonds is 7. The molecule has 2 heteroatoms. The van der Waals surface area contributed by atoms with Gasteiger partial charge in [-0.25, -0.2) is 0 Å². The zero-order valence-electron chi connectivity index (χ0n) is 17.8. The highest BCUT2D eigenvalue weighted by Crippen LogP contribution is 2.32. The summed E-state index contributed by atoms with van der Waals surface area (Å²) in [6.45, 7) is 1.14. The molecule has 0 saturated carbocycles. The number of benzene rings is 5. The van der Waals surface area contributed by atoms with Gasteiger partial charge < -0.3 is 9.47 Å². The highest BCUT2D eigenvalue weighted by atomic mass is 16.5. The summed E-state index contributed by atoms with van der Waals surface area (Å²) in [5.74, 6) is 1.75. The third-order valence-corrected chi connectivity index (χ3v) is 5.51. The van der Waals surface area contributed by atoms with Crippen molar-refractivity contribution < 1.29 is 9.47 Å². The van der Waals surface area contributed by atoms with Crippen LogP contribution in [0.2, 0.25) is 0 Å². The Bertz CT molecular complexity index is 1290. The van der Waals surface area contributed by atoms with Crippen LogP contribution in [-0.4, -0.2) is 0 Å². The van der Waals surface area contributed by atoms with Crippen LogP contribution in [0.15, 0.2) is 121 Å². The van der Waals surface area contributed by atoms with Gasteiger partial charge in [0.15, 0.2) is 0 Å². The normalized spacial score (nSPS) is 10.8. The molecule has 32 heavy (non-hydrogen) atoms. The molecule has 5 aromatic carbocycles. The fraction of sp³-hybridized carbons (Fsp3) is 0.0667. The van der Waals surface area contributed by atoms with Crippen molar-refractivity contribution in [3.05, 3.63) is 132 Å². The molecule has 0 aliphatic rings. The van der Waals surface area contributed by atoms with Gasteiger partial charge in [0.25, 0.3) is 0 Å². The molecule has 0 aromatic heterocycles. The van der Waals surface area contributed by atoms with Crippen molar-refractivity contribution in [3.8, 4) is 22.6 Å². The molecule has 0 spiro atoms. The van der Waals surface area contributed by atoms with Crippen molar-refractivity contribution in [1.82, 2.24) is 0 Å². The topological polar surface area (TPSA) is 18.5 Å². The van der Waals surface area contributed by atoms with E-state index in [1.165, 1.54) is 16.5 Å². The molecule has 156 valence electrons. The molecule has 0 N–H and O–H groups in total. The standard InChI is InChI=1S/C30H24O2/c1-3-8-23(9-4-1)21-31-27-16-14-25(15-17-27)29-13-7-12-26-20-28(18-19-30(26)29)32-22-24-10-5-2-6-11-24/h1-20H,21-22H2. The Morgan fingerprint density at radius 3 is 1.72 bits per heavy atom. The molecular formula is C30H24O2. The van der Waals surface area contributed by atoms with Crippen LogP contribution in [-0.2, 0) is 13.2 Å². The van der Waals surface area contributed by atoms with Gasteiger partial charge in [-0.15, -0.1) is 0 Å². The Kier molecular flexibility index (Phi) is 5.85. The van der Waals surface area contributed by atoms with Gasteiger partial charge in [0.2, 0.25) is 0 Å². The lowest BCUT2D eigenvalue weighted by molar-refractivity contribution is 0.306. The van der Waals surface area contributed by atoms with Gasteiger partial charge in [-0.05, 0) is 57.3 Å². The van der Waals surface area contributed by atoms with E-state index in [4.69, 9.17) is 9.47 Å². The summed E-state index contributed by atoms with van der Waals surface area (Å²) < 4.78 is 11.9. The number of hydrogen-bond acceptors (Lipinski definition) is 2. The fourth-order valence-electron chi connectivity index (χ4n) is 3.82. The maximum Gasteiger partial charge on any atom is 0.120 e. The van der Waals surface area contributed by atoms with E-state index in [-0.39, 0.29) is 0 Å². The maximum atomic E-state index is 6.01. The van der Waals surface area contributed by atoms with Crippen LogP contribution in [0.4, 0.5) is 0 Å². The predicted octanol–water partition coefficient (Wildman–Crippen LogP) is 7.66. The van der Waals surface area contributed by atoms with E-state index in [0.717, 1.165) is 28.0 Å². The van der Waals surface area contributed by atoms with Crippen molar-refractivity contribution in [2.24, 2.45) is 0 Å². The van der Waals surface area contributed by atoms with E-state index in [1.54, 1.807) is 0 Å². The first kappa shape index (κ1) is 19.9. The minimum atomic E-state index is 0.566. The van der Waals surface area contributed by atoms with Crippen molar-refractivity contribution >= 4 is 10.8 Å². The van der Waals surface area contributed by atoms with E-state index in [0.29, 0.717) is 13.2 Å². The van der Waals surface area contributed by atoms with Gasteiger partial charge in [0.05, 0.1) is 0 Å². The van der Waals surface area contributed by atoms with Crippen LogP contribution in [0.3, 0.4) is 0 Å². The van der Waals surface area contributed by atoms with E-state index in [9.17, 15) is 0 Å². The summed E-state index contributed by atoms with van der Waals surface area (Å²) in [7, 11) is 0. The predicted molar refractivity (Wildman–Crippen MR) is 131 cm³/mol. The van der Waals surface area contributed by atoms with Crippen molar-refractivity contribution in [3.63, 3.8) is 0 Å². The largest absolute Gasteiger partial charge is 0.489 e. The first-order valence-corrected chi connectivity index (χ1v) is 10.8. The second kappa shape index (κ2) is 9.40. The molecule has 0 atom stereocenters. The van der Waals surface area contributed by atoms with Gasteiger partial charge in [-0.1, -0.05) is 97.1 Å². The average molecular weight is 417 g/mol. The first-order chi connectivity index (χ1) is 15.8.